The zero-order chi connectivity index (χ0) is 52.5. The second-order valence-electron chi connectivity index (χ2n) is 18.9. The Kier molecular flexibility index (Phi) is 16.6. The molecule has 3 aliphatic rings. The van der Waals surface area contributed by atoms with Gasteiger partial charge in [0.2, 0.25) is 0 Å². The molecule has 0 bridgehead atoms. The van der Waals surface area contributed by atoms with Gasteiger partial charge < -0.3 is 27.1 Å². The fourth-order valence-corrected chi connectivity index (χ4v) is 14.0. The van der Waals surface area contributed by atoms with E-state index in [-0.39, 0.29) is 76.0 Å². The number of hydrogen-bond donors (Lipinski definition) is 0. The van der Waals surface area contributed by atoms with E-state index in [9.17, 15) is 32.9 Å². The zero-order valence-corrected chi connectivity index (χ0v) is 45.4. The molecule has 20 heteroatoms. The van der Waals surface area contributed by atoms with Crippen LogP contribution < -0.4 is 15.9 Å². The Balaban J connectivity index is 0.000000204. The molecule has 0 aliphatic carbocycles. The summed E-state index contributed by atoms with van der Waals surface area (Å²) in [5, 5.41) is 1.94. The molecule has 0 atom stereocenters. The summed E-state index contributed by atoms with van der Waals surface area (Å²) >= 11 is 24.4. The minimum Gasteiger partial charge on any atom is -0.305 e. The highest BCUT2D eigenvalue weighted by Gasteiger charge is 2.42. The lowest BCUT2D eigenvalue weighted by molar-refractivity contribution is 0.0461. The highest BCUT2D eigenvalue weighted by molar-refractivity contribution is 7.63. The van der Waals surface area contributed by atoms with Gasteiger partial charge in [-0.1, -0.05) is 129 Å². The Morgan fingerprint density at radius 2 is 0.740 bits per heavy atom. The summed E-state index contributed by atoms with van der Waals surface area (Å²) in [6.45, 7) is 9.24. The Labute approximate surface area is 442 Å². The monoisotopic (exact) mass is 1120 g/mol. The molecular weight excluding hydrogens is 1080 g/mol. The highest BCUT2D eigenvalue weighted by atomic mass is 35.5. The van der Waals surface area contributed by atoms with Crippen LogP contribution in [0.2, 0.25) is 20.1 Å². The standard InChI is InChI=1S/C30H30Cl2O8P2.C23H17Cl2O5P/c1-29(2)15-37-41(35,38-16-29)22-9-5-19(6-10-22)27(33)23-11-7-20(28(34)24-14-21(31)8-12-25(24)32)13-26(23)42(36)39-17-30(3,4)18-40-42;24-18-8-11-21(25)20(14-18)23(27)17-4-2-15(3-5-17)22(26)16-6-9-19(10-7-16)31(28)29-12-1-13-30-31/h5-14H,15-18H2,1-4H3;2-11,14H,1,12-13H2. The molecule has 380 valence electrons. The Bertz CT molecular complexity index is 3250. The summed E-state index contributed by atoms with van der Waals surface area (Å²) in [5.74, 6) is -1.48. The molecule has 0 unspecified atom stereocenters. The van der Waals surface area contributed by atoms with Gasteiger partial charge in [-0.15, -0.1) is 0 Å². The zero-order valence-electron chi connectivity index (χ0n) is 39.7. The Morgan fingerprint density at radius 3 is 1.18 bits per heavy atom. The lowest BCUT2D eigenvalue weighted by Gasteiger charge is -2.34. The predicted molar refractivity (Wildman–Crippen MR) is 282 cm³/mol. The summed E-state index contributed by atoms with van der Waals surface area (Å²) in [6, 6.07) is 32.1. The average molecular weight is 1130 g/mol. The minimum absolute atomic E-state index is 0.0370. The van der Waals surface area contributed by atoms with Gasteiger partial charge in [-0.25, -0.2) is 0 Å². The second kappa shape index (κ2) is 22.1. The van der Waals surface area contributed by atoms with Crippen molar-refractivity contribution in [3.8, 4) is 0 Å². The lowest BCUT2D eigenvalue weighted by atomic mass is 9.97. The predicted octanol–water partition coefficient (Wildman–Crippen LogP) is 12.9. The molecule has 9 rings (SSSR count). The van der Waals surface area contributed by atoms with Gasteiger partial charge in [0, 0.05) is 65.4 Å². The van der Waals surface area contributed by atoms with E-state index in [1.165, 1.54) is 60.7 Å². The highest BCUT2D eigenvalue weighted by Crippen LogP contribution is 2.55. The molecule has 0 radical (unpaired) electrons. The Morgan fingerprint density at radius 1 is 0.397 bits per heavy atom. The van der Waals surface area contributed by atoms with E-state index < -0.39 is 39.8 Å². The fourth-order valence-electron chi connectivity index (χ4n) is 7.53. The third-order valence-corrected chi connectivity index (χ3v) is 18.6. The third kappa shape index (κ3) is 12.5. The molecular formula is C53H47Cl4O13P3. The van der Waals surface area contributed by atoms with E-state index in [0.717, 1.165) is 0 Å². The van der Waals surface area contributed by atoms with Gasteiger partial charge in [0.15, 0.2) is 23.1 Å². The van der Waals surface area contributed by atoms with E-state index in [2.05, 4.69) is 0 Å². The quantitative estimate of drug-likeness (QED) is 0.0886. The topological polar surface area (TPSA) is 175 Å². The molecule has 6 aromatic carbocycles. The van der Waals surface area contributed by atoms with E-state index in [1.807, 2.05) is 27.7 Å². The van der Waals surface area contributed by atoms with Crippen LogP contribution in [0.1, 0.15) is 97.8 Å². The average Bonchev–Trinajstić information content (AvgIpc) is 3.39. The molecule has 0 spiro atoms. The largest absolute Gasteiger partial charge is 0.362 e. The smallest absolute Gasteiger partial charge is 0.305 e. The summed E-state index contributed by atoms with van der Waals surface area (Å²) in [6.07, 6.45) is 0.697. The van der Waals surface area contributed by atoms with Gasteiger partial charge in [-0.3, -0.25) is 32.9 Å². The van der Waals surface area contributed by atoms with Crippen LogP contribution in [0, 0.1) is 10.8 Å². The first-order valence-electron chi connectivity index (χ1n) is 22.7. The van der Waals surface area contributed by atoms with E-state index >= 15 is 0 Å². The summed E-state index contributed by atoms with van der Waals surface area (Å²) < 4.78 is 73.3. The van der Waals surface area contributed by atoms with Gasteiger partial charge in [-0.05, 0) is 79.2 Å². The first-order chi connectivity index (χ1) is 34.5. The maximum absolute atomic E-state index is 14.0. The van der Waals surface area contributed by atoms with Crippen LogP contribution >= 0.6 is 69.2 Å². The van der Waals surface area contributed by atoms with Crippen molar-refractivity contribution in [3.63, 3.8) is 0 Å². The number of halogens is 4. The van der Waals surface area contributed by atoms with Crippen molar-refractivity contribution in [2.75, 3.05) is 39.6 Å². The molecule has 0 amide bonds. The number of ketones is 4. The van der Waals surface area contributed by atoms with Crippen molar-refractivity contribution < 1.29 is 60.0 Å². The van der Waals surface area contributed by atoms with Gasteiger partial charge in [0.1, 0.15) is 0 Å². The molecule has 73 heavy (non-hydrogen) atoms. The van der Waals surface area contributed by atoms with Gasteiger partial charge in [-0.2, -0.15) is 0 Å². The molecule has 13 nitrogen and oxygen atoms in total. The van der Waals surface area contributed by atoms with Crippen molar-refractivity contribution in [2.24, 2.45) is 10.8 Å². The van der Waals surface area contributed by atoms with Gasteiger partial charge in [0.05, 0.1) is 65.6 Å². The van der Waals surface area contributed by atoms with Crippen LogP contribution in [0.25, 0.3) is 0 Å². The molecule has 6 aromatic rings. The molecule has 0 aromatic heterocycles. The summed E-state index contributed by atoms with van der Waals surface area (Å²) in [7, 11) is -10.9. The van der Waals surface area contributed by atoms with E-state index in [4.69, 9.17) is 73.5 Å². The van der Waals surface area contributed by atoms with Crippen molar-refractivity contribution in [1.82, 2.24) is 0 Å². The van der Waals surface area contributed by atoms with Crippen LogP contribution in [0.15, 0.2) is 127 Å². The molecule has 0 N–H and O–H groups in total. The molecule has 3 fully saturated rings. The van der Waals surface area contributed by atoms with Crippen LogP contribution in [0.3, 0.4) is 0 Å². The van der Waals surface area contributed by atoms with E-state index in [1.54, 1.807) is 66.7 Å². The maximum atomic E-state index is 14.0. The van der Waals surface area contributed by atoms with Crippen molar-refractivity contribution in [1.29, 1.82) is 0 Å². The summed E-state index contributed by atoms with van der Waals surface area (Å²) in [4.78, 5) is 52.7. The van der Waals surface area contributed by atoms with Crippen LogP contribution in [0.5, 0.6) is 0 Å². The second-order valence-corrected chi connectivity index (χ2v) is 26.6. The maximum Gasteiger partial charge on any atom is 0.362 e. The molecule has 3 heterocycles. The minimum atomic E-state index is -4.01. The number of carbonyl (C=O) groups is 4. The van der Waals surface area contributed by atoms with Gasteiger partial charge in [0.25, 0.3) is 0 Å². The number of rotatable bonds is 11. The SMILES string of the molecule is CC1(C)COP(=O)(c2ccc(C(=O)c3ccc(C(=O)c4cc(Cl)ccc4Cl)cc3P3(=O)OCC(C)(C)CO3)cc2)OC1.O=C(c1ccc(C(=O)c2cc(Cl)ccc2Cl)cc1)c1ccc(P2(=O)OCCCO2)cc1. The number of benzene rings is 6. The number of carbonyl (C=O) groups excluding carboxylic acids is 4. The first kappa shape index (κ1) is 54.9. The van der Waals surface area contributed by atoms with Gasteiger partial charge >= 0.3 is 22.8 Å². The third-order valence-electron chi connectivity index (χ3n) is 11.8. The lowest BCUT2D eigenvalue weighted by Crippen LogP contribution is -2.33. The van der Waals surface area contributed by atoms with Crippen molar-refractivity contribution >= 4 is 108 Å². The molecule has 3 saturated heterocycles. The van der Waals surface area contributed by atoms with Crippen molar-refractivity contribution in [3.05, 3.63) is 192 Å². The summed E-state index contributed by atoms with van der Waals surface area (Å²) in [5.41, 5.74) is 1.41. The molecule has 3 aliphatic heterocycles. The van der Waals surface area contributed by atoms with E-state index in [0.29, 0.717) is 67.6 Å². The Hall–Kier alpha value is -4.39. The molecule has 0 saturated carbocycles. The van der Waals surface area contributed by atoms with Crippen LogP contribution in [-0.2, 0) is 40.8 Å². The van der Waals surface area contributed by atoms with Crippen molar-refractivity contribution in [2.45, 2.75) is 34.1 Å². The fraction of sp³-hybridized carbons (Fsp3) is 0.245. The normalized spacial score (nSPS) is 18.4. The first-order valence-corrected chi connectivity index (χ1v) is 28.9. The van der Waals surface area contributed by atoms with Crippen LogP contribution in [0.4, 0.5) is 0 Å². The number of hydrogen-bond acceptors (Lipinski definition) is 13. The van der Waals surface area contributed by atoms with Crippen LogP contribution in [-0.4, -0.2) is 62.8 Å².